The lowest BCUT2D eigenvalue weighted by atomic mass is 10.4. The van der Waals surface area contributed by atoms with E-state index in [-0.39, 0.29) is 5.03 Å². The van der Waals surface area contributed by atoms with E-state index in [1.165, 1.54) is 6.20 Å². The van der Waals surface area contributed by atoms with Crippen molar-refractivity contribution in [1.29, 1.82) is 0 Å². The van der Waals surface area contributed by atoms with Gasteiger partial charge in [-0.1, -0.05) is 0 Å². The number of primary sulfonamides is 1. The molecule has 6 nitrogen and oxygen atoms in total. The van der Waals surface area contributed by atoms with Gasteiger partial charge in [0.1, 0.15) is 0 Å². The minimum absolute atomic E-state index is 0.124. The fraction of sp³-hybridized carbons (Fsp3) is 0. The lowest BCUT2D eigenvalue weighted by Gasteiger charge is -1.93. The Morgan fingerprint density at radius 1 is 1.50 bits per heavy atom. The molecule has 0 saturated carbocycles. The first kappa shape index (κ1) is 9.56. The zero-order valence-corrected chi connectivity index (χ0v) is 9.13. The second-order valence-corrected chi connectivity index (χ2v) is 5.04. The second-order valence-electron chi connectivity index (χ2n) is 2.62. The van der Waals surface area contributed by atoms with Crippen LogP contribution in [0.25, 0.3) is 11.0 Å². The summed E-state index contributed by atoms with van der Waals surface area (Å²) in [5, 5.41) is 11.3. The molecular weight excluding hydrogens is 272 g/mol. The average Bonchev–Trinajstić information content (AvgIpc) is 2.45. The molecule has 3 N–H and O–H groups in total. The number of aromatic nitrogens is 3. The number of halogens is 1. The van der Waals surface area contributed by atoms with Crippen LogP contribution >= 0.6 is 15.9 Å². The van der Waals surface area contributed by atoms with E-state index < -0.39 is 10.0 Å². The molecule has 0 aliphatic heterocycles. The van der Waals surface area contributed by atoms with Crippen LogP contribution in [0.5, 0.6) is 0 Å². The van der Waals surface area contributed by atoms with E-state index in [2.05, 4.69) is 31.1 Å². The molecule has 2 aromatic rings. The van der Waals surface area contributed by atoms with E-state index in [0.717, 1.165) is 0 Å². The van der Waals surface area contributed by atoms with Gasteiger partial charge in [-0.3, -0.25) is 5.10 Å². The Labute approximate surface area is 87.7 Å². The Hall–Kier alpha value is -0.990. The summed E-state index contributed by atoms with van der Waals surface area (Å²) in [6, 6.07) is 1.59. The van der Waals surface area contributed by atoms with Crippen LogP contribution in [0.3, 0.4) is 0 Å². The molecule has 0 atom stereocenters. The first-order valence-electron chi connectivity index (χ1n) is 3.51. The van der Waals surface area contributed by atoms with Gasteiger partial charge in [0, 0.05) is 10.7 Å². The molecule has 2 aromatic heterocycles. The van der Waals surface area contributed by atoms with Crippen molar-refractivity contribution in [3.8, 4) is 0 Å². The van der Waals surface area contributed by atoms with Gasteiger partial charge in [0.2, 0.25) is 0 Å². The lowest BCUT2D eigenvalue weighted by molar-refractivity contribution is 0.594. The SMILES string of the molecule is NS(=O)(=O)c1[nH]nc2ncc(Br)cc12. The fourth-order valence-corrected chi connectivity index (χ4v) is 2.03. The Morgan fingerprint density at radius 2 is 2.21 bits per heavy atom. The highest BCUT2D eigenvalue weighted by atomic mass is 79.9. The maximum atomic E-state index is 11.1. The lowest BCUT2D eigenvalue weighted by Crippen LogP contribution is -2.12. The van der Waals surface area contributed by atoms with Crippen molar-refractivity contribution in [2.24, 2.45) is 5.14 Å². The summed E-state index contributed by atoms with van der Waals surface area (Å²) in [6.07, 6.45) is 1.52. The molecule has 0 aliphatic carbocycles. The second kappa shape index (κ2) is 3.01. The summed E-state index contributed by atoms with van der Waals surface area (Å²) in [7, 11) is -3.78. The molecule has 0 aromatic carbocycles. The van der Waals surface area contributed by atoms with Crippen LogP contribution in [0.1, 0.15) is 0 Å². The largest absolute Gasteiger partial charge is 0.263 e. The van der Waals surface area contributed by atoms with Crippen LogP contribution < -0.4 is 5.14 Å². The summed E-state index contributed by atoms with van der Waals surface area (Å²) < 4.78 is 22.8. The van der Waals surface area contributed by atoms with Crippen LogP contribution in [-0.2, 0) is 10.0 Å². The van der Waals surface area contributed by atoms with Crippen LogP contribution in [0.2, 0.25) is 0 Å². The Balaban J connectivity index is 2.87. The first-order valence-corrected chi connectivity index (χ1v) is 5.85. The summed E-state index contributed by atoms with van der Waals surface area (Å²) >= 11 is 3.18. The molecule has 0 unspecified atom stereocenters. The Bertz CT molecular complexity index is 591. The molecule has 0 amide bonds. The highest BCUT2D eigenvalue weighted by molar-refractivity contribution is 9.10. The van der Waals surface area contributed by atoms with Crippen LogP contribution in [0.4, 0.5) is 0 Å². The number of H-pyrrole nitrogens is 1. The molecule has 0 radical (unpaired) electrons. The van der Waals surface area contributed by atoms with E-state index >= 15 is 0 Å². The third kappa shape index (κ3) is 1.51. The molecule has 8 heteroatoms. The molecule has 0 fully saturated rings. The molecule has 0 bridgehead atoms. The predicted octanol–water partition coefficient (Wildman–Crippen LogP) is 0.368. The van der Waals surface area contributed by atoms with Gasteiger partial charge >= 0.3 is 0 Å². The number of nitrogens with two attached hydrogens (primary N) is 1. The highest BCUT2D eigenvalue weighted by Crippen LogP contribution is 2.20. The molecule has 0 saturated heterocycles. The van der Waals surface area contributed by atoms with Crippen molar-refractivity contribution < 1.29 is 8.42 Å². The predicted molar refractivity (Wildman–Crippen MR) is 53.0 cm³/mol. The number of rotatable bonds is 1. The molecule has 0 spiro atoms. The van der Waals surface area contributed by atoms with Crippen LogP contribution in [0.15, 0.2) is 21.8 Å². The molecular formula is C6H5BrN4O2S. The minimum Gasteiger partial charge on any atom is -0.263 e. The van der Waals surface area contributed by atoms with Gasteiger partial charge < -0.3 is 0 Å². The minimum atomic E-state index is -3.78. The summed E-state index contributed by atoms with van der Waals surface area (Å²) in [5.41, 5.74) is 0.317. The van der Waals surface area contributed by atoms with Gasteiger partial charge in [0.15, 0.2) is 10.7 Å². The Morgan fingerprint density at radius 3 is 2.86 bits per heavy atom. The maximum Gasteiger partial charge on any atom is 0.255 e. The quantitative estimate of drug-likeness (QED) is 0.786. The van der Waals surface area contributed by atoms with Gasteiger partial charge in [-0.25, -0.2) is 18.5 Å². The molecule has 2 heterocycles. The summed E-state index contributed by atoms with van der Waals surface area (Å²) in [4.78, 5) is 3.91. The van der Waals surface area contributed by atoms with Crippen molar-refractivity contribution in [1.82, 2.24) is 15.2 Å². The number of fused-ring (bicyclic) bond motifs is 1. The van der Waals surface area contributed by atoms with E-state index in [4.69, 9.17) is 5.14 Å². The first-order chi connectivity index (χ1) is 6.48. The van der Waals surface area contributed by atoms with Crippen molar-refractivity contribution in [3.63, 3.8) is 0 Å². The molecule has 2 rings (SSSR count). The maximum absolute atomic E-state index is 11.1. The van der Waals surface area contributed by atoms with Crippen molar-refractivity contribution in [2.45, 2.75) is 5.03 Å². The number of nitrogens with zero attached hydrogens (tertiary/aromatic N) is 2. The smallest absolute Gasteiger partial charge is 0.255 e. The number of pyridine rings is 1. The topological polar surface area (TPSA) is 102 Å². The summed E-state index contributed by atoms with van der Waals surface area (Å²) in [6.45, 7) is 0. The summed E-state index contributed by atoms with van der Waals surface area (Å²) in [5.74, 6) is 0. The van der Waals surface area contributed by atoms with E-state index in [0.29, 0.717) is 15.5 Å². The zero-order valence-electron chi connectivity index (χ0n) is 6.73. The normalized spacial score (nSPS) is 12.1. The van der Waals surface area contributed by atoms with Crippen molar-refractivity contribution in [3.05, 3.63) is 16.7 Å². The highest BCUT2D eigenvalue weighted by Gasteiger charge is 2.16. The van der Waals surface area contributed by atoms with Crippen molar-refractivity contribution >= 4 is 37.0 Å². The monoisotopic (exact) mass is 276 g/mol. The third-order valence-electron chi connectivity index (χ3n) is 1.63. The molecule has 0 aliphatic rings. The number of nitrogens with one attached hydrogen (secondary N) is 1. The van der Waals surface area contributed by atoms with E-state index in [1.807, 2.05) is 0 Å². The molecule has 14 heavy (non-hydrogen) atoms. The van der Waals surface area contributed by atoms with E-state index in [1.54, 1.807) is 6.07 Å². The average molecular weight is 277 g/mol. The van der Waals surface area contributed by atoms with Crippen molar-refractivity contribution in [2.75, 3.05) is 0 Å². The van der Waals surface area contributed by atoms with Crippen LogP contribution in [-0.4, -0.2) is 23.6 Å². The number of aromatic amines is 1. The molecule has 74 valence electrons. The number of sulfonamides is 1. The Kier molecular flexibility index (Phi) is 2.05. The third-order valence-corrected chi connectivity index (χ3v) is 2.94. The van der Waals surface area contributed by atoms with Gasteiger partial charge in [-0.2, -0.15) is 5.10 Å². The van der Waals surface area contributed by atoms with Crippen LogP contribution in [0, 0.1) is 0 Å². The fourth-order valence-electron chi connectivity index (χ4n) is 1.07. The number of hydrogen-bond donors (Lipinski definition) is 2. The number of hydrogen-bond acceptors (Lipinski definition) is 4. The van der Waals surface area contributed by atoms with E-state index in [9.17, 15) is 8.42 Å². The van der Waals surface area contributed by atoms with Gasteiger partial charge in [0.05, 0.1) is 5.39 Å². The van der Waals surface area contributed by atoms with Gasteiger partial charge in [0.25, 0.3) is 10.0 Å². The van der Waals surface area contributed by atoms with Gasteiger partial charge in [-0.05, 0) is 22.0 Å². The van der Waals surface area contributed by atoms with Gasteiger partial charge in [-0.15, -0.1) is 0 Å². The zero-order chi connectivity index (χ0) is 10.3. The standard InChI is InChI=1S/C6H5BrN4O2S/c7-3-1-4-5(9-2-3)10-11-6(4)14(8,12)13/h1-2H,(H2,8,12,13)(H,9,10,11).